The molecule has 2 aliphatic heterocycles. The molecular weight excluding hydrogens is 370 g/mol. The van der Waals surface area contributed by atoms with Crippen LogP contribution >= 0.6 is 0 Å². The number of anilines is 2. The molecule has 2 aromatic rings. The van der Waals surface area contributed by atoms with Crippen molar-refractivity contribution in [1.82, 2.24) is 5.32 Å². The SMILES string of the molecule is CC(=O)N(CCNC(=O)c1ccc2c(c1)OCO2)c1ccc(N2CCCC2)cc1. The van der Waals surface area contributed by atoms with Crippen molar-refractivity contribution in [3.8, 4) is 11.5 Å². The lowest BCUT2D eigenvalue weighted by atomic mass is 10.2. The number of carbonyl (C=O) groups excluding carboxylic acids is 2. The Morgan fingerprint density at radius 3 is 2.48 bits per heavy atom. The molecule has 0 bridgehead atoms. The summed E-state index contributed by atoms with van der Waals surface area (Å²) in [6.07, 6.45) is 2.45. The van der Waals surface area contributed by atoms with Crippen LogP contribution in [0.4, 0.5) is 11.4 Å². The number of nitrogens with zero attached hydrogens (tertiary/aromatic N) is 2. The van der Waals surface area contributed by atoms with Crippen LogP contribution in [0.25, 0.3) is 0 Å². The maximum absolute atomic E-state index is 12.4. The molecule has 2 amide bonds. The zero-order chi connectivity index (χ0) is 20.2. The molecule has 152 valence electrons. The molecule has 0 atom stereocenters. The number of benzene rings is 2. The van der Waals surface area contributed by atoms with Gasteiger partial charge in [-0.25, -0.2) is 0 Å². The lowest BCUT2D eigenvalue weighted by molar-refractivity contribution is -0.116. The number of rotatable bonds is 6. The third-order valence-electron chi connectivity index (χ3n) is 5.27. The van der Waals surface area contributed by atoms with E-state index in [1.165, 1.54) is 25.5 Å². The highest BCUT2D eigenvalue weighted by Gasteiger charge is 2.17. The van der Waals surface area contributed by atoms with Crippen molar-refractivity contribution in [1.29, 1.82) is 0 Å². The molecule has 0 aromatic heterocycles. The summed E-state index contributed by atoms with van der Waals surface area (Å²) >= 11 is 0. The summed E-state index contributed by atoms with van der Waals surface area (Å²) in [5, 5.41) is 2.86. The van der Waals surface area contributed by atoms with Crippen molar-refractivity contribution in [3.05, 3.63) is 48.0 Å². The number of hydrogen-bond donors (Lipinski definition) is 1. The molecule has 29 heavy (non-hydrogen) atoms. The van der Waals surface area contributed by atoms with Crippen LogP contribution in [0.2, 0.25) is 0 Å². The molecular formula is C22H25N3O4. The van der Waals surface area contributed by atoms with Crippen LogP contribution in [0.1, 0.15) is 30.1 Å². The minimum absolute atomic E-state index is 0.0590. The van der Waals surface area contributed by atoms with Gasteiger partial charge in [0.1, 0.15) is 0 Å². The van der Waals surface area contributed by atoms with Crippen LogP contribution in [0.15, 0.2) is 42.5 Å². The second-order valence-electron chi connectivity index (χ2n) is 7.21. The van der Waals surface area contributed by atoms with E-state index in [2.05, 4.69) is 22.3 Å². The average Bonchev–Trinajstić information content (AvgIpc) is 3.42. The van der Waals surface area contributed by atoms with Gasteiger partial charge in [-0.05, 0) is 55.3 Å². The third-order valence-corrected chi connectivity index (χ3v) is 5.27. The maximum Gasteiger partial charge on any atom is 0.251 e. The summed E-state index contributed by atoms with van der Waals surface area (Å²) in [6, 6.07) is 13.1. The predicted molar refractivity (Wildman–Crippen MR) is 111 cm³/mol. The highest BCUT2D eigenvalue weighted by Crippen LogP contribution is 2.32. The standard InChI is InChI=1S/C22H25N3O4/c1-16(26)25(19-7-5-18(6-8-19)24-11-2-3-12-24)13-10-23-22(27)17-4-9-20-21(14-17)29-15-28-20/h4-9,14H,2-3,10-13,15H2,1H3,(H,23,27). The molecule has 1 fully saturated rings. The third kappa shape index (κ3) is 4.29. The quantitative estimate of drug-likeness (QED) is 0.814. The van der Waals surface area contributed by atoms with Gasteiger partial charge in [0.15, 0.2) is 11.5 Å². The monoisotopic (exact) mass is 395 g/mol. The highest BCUT2D eigenvalue weighted by atomic mass is 16.7. The maximum atomic E-state index is 12.4. The van der Waals surface area contributed by atoms with Gasteiger partial charge in [-0.2, -0.15) is 0 Å². The summed E-state index contributed by atoms with van der Waals surface area (Å²) in [4.78, 5) is 28.6. The highest BCUT2D eigenvalue weighted by molar-refractivity contribution is 5.95. The molecule has 0 unspecified atom stereocenters. The largest absolute Gasteiger partial charge is 0.454 e. The molecule has 7 nitrogen and oxygen atoms in total. The van der Waals surface area contributed by atoms with Gasteiger partial charge in [0, 0.05) is 50.0 Å². The van der Waals surface area contributed by atoms with Crippen molar-refractivity contribution < 1.29 is 19.1 Å². The molecule has 0 spiro atoms. The van der Waals surface area contributed by atoms with Gasteiger partial charge < -0.3 is 24.6 Å². The average molecular weight is 395 g/mol. The second kappa shape index (κ2) is 8.43. The Bertz CT molecular complexity index is 891. The van der Waals surface area contributed by atoms with Crippen molar-refractivity contribution in [2.45, 2.75) is 19.8 Å². The molecule has 7 heteroatoms. The number of hydrogen-bond acceptors (Lipinski definition) is 5. The first-order chi connectivity index (χ1) is 14.1. The minimum atomic E-state index is -0.212. The van der Waals surface area contributed by atoms with Crippen molar-refractivity contribution in [3.63, 3.8) is 0 Å². The Balaban J connectivity index is 1.35. The Hall–Kier alpha value is -3.22. The van der Waals surface area contributed by atoms with Crippen LogP contribution in [0, 0.1) is 0 Å². The molecule has 0 radical (unpaired) electrons. The Labute approximate surface area is 170 Å². The topological polar surface area (TPSA) is 71.1 Å². The van der Waals surface area contributed by atoms with Gasteiger partial charge in [0.05, 0.1) is 0 Å². The van der Waals surface area contributed by atoms with E-state index in [0.717, 1.165) is 18.8 Å². The first-order valence-corrected chi connectivity index (χ1v) is 9.93. The Morgan fingerprint density at radius 2 is 1.76 bits per heavy atom. The lowest BCUT2D eigenvalue weighted by Crippen LogP contribution is -2.37. The van der Waals surface area contributed by atoms with E-state index >= 15 is 0 Å². The molecule has 0 aliphatic carbocycles. The number of amides is 2. The van der Waals surface area contributed by atoms with E-state index in [1.54, 1.807) is 23.1 Å². The van der Waals surface area contributed by atoms with Crippen molar-refractivity contribution >= 4 is 23.2 Å². The fourth-order valence-corrected chi connectivity index (χ4v) is 3.71. The van der Waals surface area contributed by atoms with Crippen molar-refractivity contribution in [2.75, 3.05) is 42.8 Å². The van der Waals surface area contributed by atoms with Crippen LogP contribution in [0.5, 0.6) is 11.5 Å². The predicted octanol–water partition coefficient (Wildman–Crippen LogP) is 2.80. The first-order valence-electron chi connectivity index (χ1n) is 9.93. The lowest BCUT2D eigenvalue weighted by Gasteiger charge is -2.23. The fraction of sp³-hybridized carbons (Fsp3) is 0.364. The number of carbonyl (C=O) groups is 2. The molecule has 2 aliphatic rings. The number of nitrogens with one attached hydrogen (secondary N) is 1. The zero-order valence-electron chi connectivity index (χ0n) is 16.5. The fourth-order valence-electron chi connectivity index (χ4n) is 3.71. The van der Waals surface area contributed by atoms with Gasteiger partial charge in [-0.15, -0.1) is 0 Å². The Morgan fingerprint density at radius 1 is 1.03 bits per heavy atom. The summed E-state index contributed by atoms with van der Waals surface area (Å²) in [5.41, 5.74) is 2.52. The molecule has 1 saturated heterocycles. The number of ether oxygens (including phenoxy) is 2. The smallest absolute Gasteiger partial charge is 0.251 e. The molecule has 2 aromatic carbocycles. The van der Waals surface area contributed by atoms with Crippen molar-refractivity contribution in [2.24, 2.45) is 0 Å². The van der Waals surface area contributed by atoms with E-state index in [4.69, 9.17) is 9.47 Å². The van der Waals surface area contributed by atoms with E-state index in [0.29, 0.717) is 30.2 Å². The minimum Gasteiger partial charge on any atom is -0.454 e. The van der Waals surface area contributed by atoms with E-state index in [-0.39, 0.29) is 18.6 Å². The molecule has 1 N–H and O–H groups in total. The molecule has 0 saturated carbocycles. The van der Waals surface area contributed by atoms with Gasteiger partial charge in [-0.3, -0.25) is 9.59 Å². The molecule has 4 rings (SSSR count). The molecule has 2 heterocycles. The zero-order valence-corrected chi connectivity index (χ0v) is 16.5. The van der Waals surface area contributed by atoms with Crippen LogP contribution in [-0.2, 0) is 4.79 Å². The van der Waals surface area contributed by atoms with Gasteiger partial charge in [-0.1, -0.05) is 0 Å². The van der Waals surface area contributed by atoms with Gasteiger partial charge in [0.2, 0.25) is 12.7 Å². The second-order valence-corrected chi connectivity index (χ2v) is 7.21. The summed E-state index contributed by atoms with van der Waals surface area (Å²) in [5.74, 6) is 0.940. The number of fused-ring (bicyclic) bond motifs is 1. The first kappa shape index (κ1) is 19.1. The van der Waals surface area contributed by atoms with E-state index in [1.807, 2.05) is 12.1 Å². The van der Waals surface area contributed by atoms with Gasteiger partial charge >= 0.3 is 0 Å². The van der Waals surface area contributed by atoms with Crippen LogP contribution in [-0.4, -0.2) is 44.8 Å². The Kier molecular flexibility index (Phi) is 5.55. The normalized spacial score (nSPS) is 14.7. The summed E-state index contributed by atoms with van der Waals surface area (Å²) in [6.45, 7) is 4.62. The van der Waals surface area contributed by atoms with E-state index in [9.17, 15) is 9.59 Å². The van der Waals surface area contributed by atoms with E-state index < -0.39 is 0 Å². The van der Waals surface area contributed by atoms with Crippen LogP contribution < -0.4 is 24.6 Å². The van der Waals surface area contributed by atoms with Crippen LogP contribution in [0.3, 0.4) is 0 Å². The summed E-state index contributed by atoms with van der Waals surface area (Å²) < 4.78 is 10.6. The summed E-state index contributed by atoms with van der Waals surface area (Å²) in [7, 11) is 0. The van der Waals surface area contributed by atoms with Gasteiger partial charge in [0.25, 0.3) is 5.91 Å².